The predicted octanol–water partition coefficient (Wildman–Crippen LogP) is 1.40. The molecule has 1 aromatic rings. The molecule has 1 unspecified atom stereocenters. The molecule has 0 saturated carbocycles. The van der Waals surface area contributed by atoms with E-state index in [1.54, 1.807) is 13.2 Å². The summed E-state index contributed by atoms with van der Waals surface area (Å²) in [4.78, 5) is 9.03. The number of hydrogen-bond acceptors (Lipinski definition) is 7. The maximum absolute atomic E-state index is 10.4. The highest BCUT2D eigenvalue weighted by Crippen LogP contribution is 2.30. The average Bonchev–Trinajstić information content (AvgIpc) is 3.09. The van der Waals surface area contributed by atoms with Crippen molar-refractivity contribution in [3.8, 4) is 5.75 Å². The highest BCUT2D eigenvalue weighted by molar-refractivity contribution is 5.83. The summed E-state index contributed by atoms with van der Waals surface area (Å²) in [7, 11) is 1.72. The van der Waals surface area contributed by atoms with Crippen LogP contribution in [0.5, 0.6) is 5.75 Å². The number of aliphatic imine (C=N–C) groups is 1. The van der Waals surface area contributed by atoms with Crippen LogP contribution >= 0.6 is 0 Å². The molecule has 2 saturated heterocycles. The van der Waals surface area contributed by atoms with Gasteiger partial charge in [-0.25, -0.2) is 4.99 Å². The first-order chi connectivity index (χ1) is 13.7. The summed E-state index contributed by atoms with van der Waals surface area (Å²) in [5.41, 5.74) is 1.20. The number of ether oxygens (including phenoxy) is 2. The molecule has 0 aromatic heterocycles. The molecular weight excluding hydrogens is 356 g/mol. The lowest BCUT2D eigenvalue weighted by atomic mass is 9.95. The smallest absolute Gasteiger partial charge is 0.202 e. The number of rotatable bonds is 4. The fourth-order valence-electron chi connectivity index (χ4n) is 4.31. The van der Waals surface area contributed by atoms with Crippen LogP contribution in [0.15, 0.2) is 41.2 Å². The van der Waals surface area contributed by atoms with E-state index in [1.807, 2.05) is 12.1 Å². The van der Waals surface area contributed by atoms with Gasteiger partial charge in [0, 0.05) is 31.8 Å². The maximum atomic E-state index is 10.4. The third-order valence-corrected chi connectivity index (χ3v) is 5.93. The highest BCUT2D eigenvalue weighted by atomic mass is 16.5. The average molecular weight is 386 g/mol. The monoisotopic (exact) mass is 386 g/mol. The number of methoxy groups -OCH3 is 1. The van der Waals surface area contributed by atoms with E-state index in [1.165, 1.54) is 5.56 Å². The summed E-state index contributed by atoms with van der Waals surface area (Å²) in [5.74, 6) is 3.15. The van der Waals surface area contributed by atoms with Gasteiger partial charge in [0.05, 0.1) is 20.3 Å². The Morgan fingerprint density at radius 2 is 2.04 bits per heavy atom. The fraction of sp³-hybridized carbons (Fsp3) is 0.571. The molecule has 0 radical (unpaired) electrons. The van der Waals surface area contributed by atoms with Crippen LogP contribution in [-0.2, 0) is 11.2 Å². The molecule has 0 amide bonds. The lowest BCUT2D eigenvalue weighted by Crippen LogP contribution is -2.51. The molecule has 7 nitrogen and oxygen atoms in total. The second-order valence-corrected chi connectivity index (χ2v) is 7.69. The molecule has 4 rings (SSSR count). The molecule has 3 atom stereocenters. The van der Waals surface area contributed by atoms with Crippen molar-refractivity contribution in [1.29, 1.82) is 0 Å². The quantitative estimate of drug-likeness (QED) is 0.815. The molecule has 28 heavy (non-hydrogen) atoms. The van der Waals surface area contributed by atoms with E-state index in [0.29, 0.717) is 25.2 Å². The number of para-hydroxylation sites is 1. The molecule has 2 N–H and O–H groups in total. The van der Waals surface area contributed by atoms with Gasteiger partial charge in [-0.1, -0.05) is 25.1 Å². The molecule has 0 spiro atoms. The van der Waals surface area contributed by atoms with E-state index < -0.39 is 6.23 Å². The topological polar surface area (TPSA) is 69.6 Å². The first-order valence-corrected chi connectivity index (χ1v) is 10.1. The lowest BCUT2D eigenvalue weighted by Gasteiger charge is -2.37. The number of aliphatic hydroxyl groups is 1. The summed E-state index contributed by atoms with van der Waals surface area (Å²) < 4.78 is 11.0. The maximum Gasteiger partial charge on any atom is 0.202 e. The van der Waals surface area contributed by atoms with Gasteiger partial charge in [0.2, 0.25) is 5.96 Å². The lowest BCUT2D eigenvalue weighted by molar-refractivity contribution is 0.0498. The molecular formula is C21H30N4O3. The van der Waals surface area contributed by atoms with E-state index in [0.717, 1.165) is 50.0 Å². The number of nitrogens with zero attached hydrogens (tertiary/aromatic N) is 3. The van der Waals surface area contributed by atoms with Gasteiger partial charge in [0.1, 0.15) is 11.6 Å². The molecule has 3 heterocycles. The van der Waals surface area contributed by atoms with Crippen LogP contribution in [0.25, 0.3) is 0 Å². The third kappa shape index (κ3) is 3.95. The minimum absolute atomic E-state index is 0.304. The van der Waals surface area contributed by atoms with Crippen molar-refractivity contribution < 1.29 is 14.6 Å². The predicted molar refractivity (Wildman–Crippen MR) is 108 cm³/mol. The Morgan fingerprint density at radius 1 is 1.25 bits per heavy atom. The Balaban J connectivity index is 1.52. The van der Waals surface area contributed by atoms with Gasteiger partial charge in [-0.3, -0.25) is 0 Å². The van der Waals surface area contributed by atoms with Crippen molar-refractivity contribution in [2.75, 3.05) is 40.0 Å². The zero-order valence-electron chi connectivity index (χ0n) is 16.7. The van der Waals surface area contributed by atoms with Crippen LogP contribution < -0.4 is 10.1 Å². The minimum Gasteiger partial charge on any atom is -0.496 e. The number of aliphatic hydroxyl groups excluding tert-OH is 1. The van der Waals surface area contributed by atoms with Crippen molar-refractivity contribution in [3.63, 3.8) is 0 Å². The van der Waals surface area contributed by atoms with Gasteiger partial charge in [-0.2, -0.15) is 0 Å². The third-order valence-electron chi connectivity index (χ3n) is 5.93. The first-order valence-electron chi connectivity index (χ1n) is 10.1. The summed E-state index contributed by atoms with van der Waals surface area (Å²) in [6, 6.07) is 8.51. The van der Waals surface area contributed by atoms with Crippen molar-refractivity contribution in [3.05, 3.63) is 41.7 Å². The minimum atomic E-state index is -0.822. The van der Waals surface area contributed by atoms with E-state index in [4.69, 9.17) is 9.47 Å². The number of benzene rings is 1. The number of likely N-dealkylation sites (tertiary alicyclic amines) is 1. The van der Waals surface area contributed by atoms with Crippen LogP contribution in [0.4, 0.5) is 0 Å². The Bertz CT molecular complexity index is 745. The zero-order valence-corrected chi connectivity index (χ0v) is 16.7. The SMILES string of the molecule is COc1ccccc1C[C@@H]1[C@@H](C)CCN1C1=NC(O)C=C(N2CCOCC2)N1. The number of guanidine groups is 1. The molecule has 0 aliphatic carbocycles. The van der Waals surface area contributed by atoms with Gasteiger partial charge < -0.3 is 29.7 Å². The second-order valence-electron chi connectivity index (χ2n) is 7.69. The fourth-order valence-corrected chi connectivity index (χ4v) is 4.31. The van der Waals surface area contributed by atoms with Crippen molar-refractivity contribution >= 4 is 5.96 Å². The van der Waals surface area contributed by atoms with Crippen molar-refractivity contribution in [2.24, 2.45) is 10.9 Å². The van der Waals surface area contributed by atoms with E-state index >= 15 is 0 Å². The van der Waals surface area contributed by atoms with Gasteiger partial charge in [0.15, 0.2) is 6.23 Å². The Morgan fingerprint density at radius 3 is 2.82 bits per heavy atom. The standard InChI is InChI=1S/C21H30N4O3/c1-15-7-8-25(17(15)13-16-5-3-4-6-18(16)27-2)21-22-19(14-20(26)23-21)24-9-11-28-12-10-24/h3-6,14-15,17,20,26H,7-13H2,1-2H3,(H,22,23)/t15-,17+,20?/m0/s1. The highest BCUT2D eigenvalue weighted by Gasteiger charge is 2.35. The van der Waals surface area contributed by atoms with Gasteiger partial charge >= 0.3 is 0 Å². The zero-order chi connectivity index (χ0) is 19.5. The Labute approximate surface area is 166 Å². The summed E-state index contributed by atoms with van der Waals surface area (Å²) >= 11 is 0. The first kappa shape index (κ1) is 19.1. The molecule has 1 aromatic carbocycles. The van der Waals surface area contributed by atoms with Gasteiger partial charge in [0.25, 0.3) is 0 Å². The van der Waals surface area contributed by atoms with Gasteiger partial charge in [-0.15, -0.1) is 0 Å². The number of morpholine rings is 1. The van der Waals surface area contributed by atoms with Crippen LogP contribution in [0.2, 0.25) is 0 Å². The van der Waals surface area contributed by atoms with Crippen LogP contribution in [0.1, 0.15) is 18.9 Å². The Kier molecular flexibility index (Phi) is 5.73. The van der Waals surface area contributed by atoms with Gasteiger partial charge in [-0.05, 0) is 30.4 Å². The molecule has 3 aliphatic rings. The van der Waals surface area contributed by atoms with E-state index in [9.17, 15) is 5.11 Å². The number of hydrogen-bond donors (Lipinski definition) is 2. The summed E-state index contributed by atoms with van der Waals surface area (Å²) in [5, 5.41) is 13.8. The largest absolute Gasteiger partial charge is 0.496 e. The van der Waals surface area contributed by atoms with Crippen molar-refractivity contribution in [2.45, 2.75) is 32.0 Å². The molecule has 152 valence electrons. The normalized spacial score (nSPS) is 27.9. The van der Waals surface area contributed by atoms with Crippen LogP contribution in [-0.4, -0.2) is 73.1 Å². The molecule has 0 bridgehead atoms. The number of nitrogens with one attached hydrogen (secondary N) is 1. The molecule has 7 heteroatoms. The van der Waals surface area contributed by atoms with Crippen LogP contribution in [0.3, 0.4) is 0 Å². The second kappa shape index (κ2) is 8.41. The summed E-state index contributed by atoms with van der Waals surface area (Å²) in [6.45, 7) is 6.27. The molecule has 2 fully saturated rings. The van der Waals surface area contributed by atoms with Crippen molar-refractivity contribution in [1.82, 2.24) is 15.1 Å². The van der Waals surface area contributed by atoms with E-state index in [-0.39, 0.29) is 0 Å². The summed E-state index contributed by atoms with van der Waals surface area (Å²) in [6.07, 6.45) is 2.95. The van der Waals surface area contributed by atoms with E-state index in [2.05, 4.69) is 39.2 Å². The molecule has 3 aliphatic heterocycles. The van der Waals surface area contributed by atoms with Crippen LogP contribution in [0, 0.1) is 5.92 Å². The Hall–Kier alpha value is -2.25.